The third-order valence-corrected chi connectivity index (χ3v) is 6.87. The third kappa shape index (κ3) is 4.08. The van der Waals surface area contributed by atoms with Gasteiger partial charge in [-0.05, 0) is 82.7 Å². The van der Waals surface area contributed by atoms with Crippen molar-refractivity contribution >= 4 is 5.71 Å². The van der Waals surface area contributed by atoms with E-state index in [1.165, 1.54) is 18.4 Å². The van der Waals surface area contributed by atoms with Crippen molar-refractivity contribution in [2.24, 2.45) is 5.16 Å². The summed E-state index contributed by atoms with van der Waals surface area (Å²) >= 11 is 0. The van der Waals surface area contributed by atoms with Gasteiger partial charge in [-0.2, -0.15) is 0 Å². The van der Waals surface area contributed by atoms with Gasteiger partial charge in [-0.25, -0.2) is 0 Å². The number of benzene rings is 1. The fourth-order valence-corrected chi connectivity index (χ4v) is 4.97. The Morgan fingerprint density at radius 3 is 2.72 bits per heavy atom. The van der Waals surface area contributed by atoms with Crippen LogP contribution in [-0.4, -0.2) is 58.9 Å². The van der Waals surface area contributed by atoms with Crippen molar-refractivity contribution < 1.29 is 9.62 Å². The quantitative estimate of drug-likeness (QED) is 0.471. The van der Waals surface area contributed by atoms with Gasteiger partial charge in [0.1, 0.15) is 11.5 Å². The maximum Gasteiger partial charge on any atom is 0.143 e. The summed E-state index contributed by atoms with van der Waals surface area (Å²) in [5.41, 5.74) is 5.96. The van der Waals surface area contributed by atoms with E-state index < -0.39 is 0 Å². The highest BCUT2D eigenvalue weighted by molar-refractivity contribution is 6.04. The van der Waals surface area contributed by atoms with Gasteiger partial charge in [-0.1, -0.05) is 23.4 Å². The van der Waals surface area contributed by atoms with Gasteiger partial charge in [-0.15, -0.1) is 0 Å². The second-order valence-corrected chi connectivity index (χ2v) is 9.04. The van der Waals surface area contributed by atoms with Crippen LogP contribution < -0.4 is 0 Å². The second-order valence-electron chi connectivity index (χ2n) is 9.04. The zero-order valence-electron chi connectivity index (χ0n) is 18.8. The summed E-state index contributed by atoms with van der Waals surface area (Å²) in [6.45, 7) is 3.07. The van der Waals surface area contributed by atoms with Crippen LogP contribution >= 0.6 is 0 Å². The molecule has 3 aromatic rings. The molecule has 6 heteroatoms. The average molecular weight is 431 g/mol. The first-order valence-corrected chi connectivity index (χ1v) is 11.4. The molecule has 0 radical (unpaired) electrons. The topological polar surface area (TPSA) is 65.1 Å². The first kappa shape index (κ1) is 20.9. The predicted octanol–water partition coefficient (Wildman–Crippen LogP) is 4.66. The largest absolute Gasteiger partial charge is 0.459 e. The zero-order chi connectivity index (χ0) is 22.1. The minimum atomic E-state index is 0.578. The Hall–Kier alpha value is -2.96. The number of hydrogen-bond acceptors (Lipinski definition) is 6. The smallest absolute Gasteiger partial charge is 0.143 e. The molecule has 166 valence electrons. The molecular formula is C26H30N4O2. The van der Waals surface area contributed by atoms with Crippen LogP contribution in [0, 0.1) is 0 Å². The molecule has 0 atom stereocenters. The number of piperidine rings is 1. The summed E-state index contributed by atoms with van der Waals surface area (Å²) < 4.78 is 6.48. The Bertz CT molecular complexity index is 1110. The maximum atomic E-state index is 9.26. The van der Waals surface area contributed by atoms with Gasteiger partial charge >= 0.3 is 0 Å². The molecule has 0 unspecified atom stereocenters. The number of rotatable bonds is 5. The van der Waals surface area contributed by atoms with Crippen LogP contribution in [0.15, 0.2) is 58.2 Å². The van der Waals surface area contributed by atoms with E-state index in [9.17, 15) is 5.21 Å². The lowest BCUT2D eigenvalue weighted by Crippen LogP contribution is -2.41. The van der Waals surface area contributed by atoms with Gasteiger partial charge in [0.25, 0.3) is 0 Å². The van der Waals surface area contributed by atoms with Gasteiger partial charge in [0.05, 0.1) is 18.0 Å². The SMILES string of the molecule is CN1CCC(N(C)Cc2cc(-c3ccccn3)c(-c3ccc4c(c3)CCC4=NO)o2)CC1. The van der Waals surface area contributed by atoms with E-state index in [2.05, 4.69) is 52.2 Å². The molecule has 0 bridgehead atoms. The highest BCUT2D eigenvalue weighted by atomic mass is 16.4. The Morgan fingerprint density at radius 2 is 1.97 bits per heavy atom. The van der Waals surface area contributed by atoms with E-state index >= 15 is 0 Å². The van der Waals surface area contributed by atoms with E-state index in [0.717, 1.165) is 72.1 Å². The van der Waals surface area contributed by atoms with Crippen LogP contribution in [0.5, 0.6) is 0 Å². The number of furan rings is 1. The number of fused-ring (bicyclic) bond motifs is 1. The highest BCUT2D eigenvalue weighted by Gasteiger charge is 2.24. The summed E-state index contributed by atoms with van der Waals surface area (Å²) in [5, 5.41) is 12.7. The zero-order valence-corrected chi connectivity index (χ0v) is 18.8. The van der Waals surface area contributed by atoms with E-state index in [-0.39, 0.29) is 0 Å². The van der Waals surface area contributed by atoms with E-state index in [1.54, 1.807) is 0 Å². The summed E-state index contributed by atoms with van der Waals surface area (Å²) in [5.74, 6) is 1.81. The standard InChI is InChI=1S/C26H30N4O2/c1-29-13-10-20(11-14-29)30(2)17-21-16-23(24-5-3-4-12-27-24)26(32-21)19-6-8-22-18(15-19)7-9-25(22)28-31/h3-6,8,12,15-16,20,31H,7,9-11,13-14,17H2,1-2H3. The van der Waals surface area contributed by atoms with Crippen molar-refractivity contribution in [3.05, 3.63) is 65.5 Å². The molecule has 32 heavy (non-hydrogen) atoms. The number of nitrogens with zero attached hydrogens (tertiary/aromatic N) is 4. The van der Waals surface area contributed by atoms with Gasteiger partial charge in [0, 0.05) is 28.9 Å². The van der Waals surface area contributed by atoms with Gasteiger partial charge in [0.2, 0.25) is 0 Å². The minimum Gasteiger partial charge on any atom is -0.459 e. The molecule has 1 aliphatic heterocycles. The van der Waals surface area contributed by atoms with Crippen LogP contribution in [0.1, 0.15) is 36.1 Å². The number of aromatic nitrogens is 1. The highest BCUT2D eigenvalue weighted by Crippen LogP contribution is 2.37. The molecule has 1 saturated heterocycles. The second kappa shape index (κ2) is 8.88. The predicted molar refractivity (Wildman–Crippen MR) is 126 cm³/mol. The molecule has 2 aliphatic rings. The number of aryl methyl sites for hydroxylation is 1. The minimum absolute atomic E-state index is 0.578. The molecule has 2 aromatic heterocycles. The molecule has 0 spiro atoms. The van der Waals surface area contributed by atoms with Crippen LogP contribution in [0.25, 0.3) is 22.6 Å². The molecule has 1 N–H and O–H groups in total. The molecule has 0 amide bonds. The fourth-order valence-electron chi connectivity index (χ4n) is 4.97. The van der Waals surface area contributed by atoms with Crippen molar-refractivity contribution in [2.75, 3.05) is 27.2 Å². The molecule has 0 saturated carbocycles. The van der Waals surface area contributed by atoms with E-state index in [4.69, 9.17) is 4.42 Å². The Balaban J connectivity index is 1.47. The fraction of sp³-hybridized carbons (Fsp3) is 0.385. The lowest BCUT2D eigenvalue weighted by atomic mass is 10.0. The van der Waals surface area contributed by atoms with Crippen molar-refractivity contribution in [2.45, 2.75) is 38.3 Å². The molecule has 1 aliphatic carbocycles. The van der Waals surface area contributed by atoms with E-state index in [1.807, 2.05) is 30.5 Å². The third-order valence-electron chi connectivity index (χ3n) is 6.87. The Labute approximate surface area is 189 Å². The molecule has 5 rings (SSSR count). The van der Waals surface area contributed by atoms with Crippen LogP contribution in [0.3, 0.4) is 0 Å². The van der Waals surface area contributed by atoms with Crippen molar-refractivity contribution in [3.63, 3.8) is 0 Å². The number of pyridine rings is 1. The van der Waals surface area contributed by atoms with Crippen LogP contribution in [0.2, 0.25) is 0 Å². The van der Waals surface area contributed by atoms with Crippen molar-refractivity contribution in [3.8, 4) is 22.6 Å². The molecule has 1 aromatic carbocycles. The summed E-state index contributed by atoms with van der Waals surface area (Å²) in [6, 6.07) is 15.0. The number of likely N-dealkylation sites (tertiary alicyclic amines) is 1. The van der Waals surface area contributed by atoms with Gasteiger partial charge in [0.15, 0.2) is 0 Å². The van der Waals surface area contributed by atoms with Crippen molar-refractivity contribution in [1.29, 1.82) is 0 Å². The van der Waals surface area contributed by atoms with Gasteiger partial charge in [-0.3, -0.25) is 9.88 Å². The lowest BCUT2D eigenvalue weighted by Gasteiger charge is -2.34. The number of oxime groups is 1. The van der Waals surface area contributed by atoms with E-state index in [0.29, 0.717) is 6.04 Å². The average Bonchev–Trinajstić information content (AvgIpc) is 3.43. The van der Waals surface area contributed by atoms with Crippen LogP contribution in [-0.2, 0) is 13.0 Å². The normalized spacial score (nSPS) is 18.5. The Morgan fingerprint density at radius 1 is 1.12 bits per heavy atom. The maximum absolute atomic E-state index is 9.26. The summed E-state index contributed by atoms with van der Waals surface area (Å²) in [6.07, 6.45) is 5.85. The first-order chi connectivity index (χ1) is 15.6. The molecule has 6 nitrogen and oxygen atoms in total. The van der Waals surface area contributed by atoms with Gasteiger partial charge < -0.3 is 14.5 Å². The summed E-state index contributed by atoms with van der Waals surface area (Å²) in [4.78, 5) is 9.41. The monoisotopic (exact) mass is 430 g/mol. The number of hydrogen-bond donors (Lipinski definition) is 1. The first-order valence-electron chi connectivity index (χ1n) is 11.4. The van der Waals surface area contributed by atoms with Crippen molar-refractivity contribution in [1.82, 2.24) is 14.8 Å². The molecule has 1 fully saturated rings. The van der Waals surface area contributed by atoms with Crippen LogP contribution in [0.4, 0.5) is 0 Å². The molecule has 3 heterocycles. The lowest BCUT2D eigenvalue weighted by molar-refractivity contribution is 0.133. The Kier molecular flexibility index (Phi) is 5.81. The molecular weight excluding hydrogens is 400 g/mol. The summed E-state index contributed by atoms with van der Waals surface area (Å²) in [7, 11) is 4.39.